The highest BCUT2D eigenvalue weighted by Crippen LogP contribution is 2.52. The fourth-order valence-corrected chi connectivity index (χ4v) is 5.23. The molecule has 1 unspecified atom stereocenters. The zero-order valence-electron chi connectivity index (χ0n) is 15.7. The first-order valence-electron chi connectivity index (χ1n) is 9.95. The molecule has 3 saturated heterocycles. The van der Waals surface area contributed by atoms with Crippen LogP contribution in [0.25, 0.3) is 0 Å². The summed E-state index contributed by atoms with van der Waals surface area (Å²) < 4.78 is 12.9. The summed E-state index contributed by atoms with van der Waals surface area (Å²) >= 11 is 0. The molecule has 0 aromatic heterocycles. The fourth-order valence-electron chi connectivity index (χ4n) is 5.23. The second kappa shape index (κ2) is 6.95. The summed E-state index contributed by atoms with van der Waals surface area (Å²) in [5.41, 5.74) is 0.813. The van der Waals surface area contributed by atoms with E-state index in [-0.39, 0.29) is 18.7 Å². The molecule has 0 saturated carbocycles. The summed E-state index contributed by atoms with van der Waals surface area (Å²) in [6.07, 6.45) is 4.83. The lowest BCUT2D eigenvalue weighted by molar-refractivity contribution is -0.956. The van der Waals surface area contributed by atoms with Crippen LogP contribution in [0, 0.1) is 0 Å². The molecule has 4 rings (SSSR count). The van der Waals surface area contributed by atoms with E-state index < -0.39 is 5.92 Å². The van der Waals surface area contributed by atoms with E-state index in [2.05, 4.69) is 14.0 Å². The molecule has 5 heteroatoms. The Morgan fingerprint density at radius 2 is 1.92 bits per heavy atom. The average molecular weight is 360 g/mol. The molecular formula is C21H30NO4+. The van der Waals surface area contributed by atoms with Crippen molar-refractivity contribution in [1.29, 1.82) is 0 Å². The van der Waals surface area contributed by atoms with Crippen LogP contribution in [0.4, 0.5) is 0 Å². The van der Waals surface area contributed by atoms with Crippen LogP contribution in [0.2, 0.25) is 0 Å². The molecule has 5 nitrogen and oxygen atoms in total. The Kier molecular flexibility index (Phi) is 4.80. The van der Waals surface area contributed by atoms with E-state index in [0.29, 0.717) is 24.3 Å². The minimum Gasteiger partial charge on any atom is -0.461 e. The number of carbonyl (C=O) groups excluding carboxylic acids is 1. The molecule has 3 fully saturated rings. The van der Waals surface area contributed by atoms with E-state index in [1.807, 2.05) is 30.3 Å². The van der Waals surface area contributed by atoms with Crippen molar-refractivity contribution in [3.05, 3.63) is 35.9 Å². The molecule has 2 bridgehead atoms. The van der Waals surface area contributed by atoms with Gasteiger partial charge in [-0.25, -0.2) is 0 Å². The van der Waals surface area contributed by atoms with Gasteiger partial charge in [0, 0.05) is 12.8 Å². The van der Waals surface area contributed by atoms with Gasteiger partial charge in [0.05, 0.1) is 20.2 Å². The summed E-state index contributed by atoms with van der Waals surface area (Å²) in [6.45, 7) is 3.20. The Hall–Kier alpha value is -1.43. The number of benzene rings is 1. The number of piperidine rings is 1. The van der Waals surface area contributed by atoms with Crippen LogP contribution in [0.5, 0.6) is 0 Å². The maximum absolute atomic E-state index is 12.7. The van der Waals surface area contributed by atoms with Crippen LogP contribution in [0.15, 0.2) is 30.3 Å². The van der Waals surface area contributed by atoms with E-state index in [1.165, 1.54) is 19.4 Å². The number of carbonyl (C=O) groups is 1. The maximum atomic E-state index is 12.7. The smallest absolute Gasteiger partial charge is 0.316 e. The summed E-state index contributed by atoms with van der Waals surface area (Å²) in [4.78, 5) is 12.7. The van der Waals surface area contributed by atoms with Crippen molar-refractivity contribution in [1.82, 2.24) is 0 Å². The van der Waals surface area contributed by atoms with E-state index in [4.69, 9.17) is 9.47 Å². The second-order valence-electron chi connectivity index (χ2n) is 8.30. The Morgan fingerprint density at radius 1 is 1.27 bits per heavy atom. The Labute approximate surface area is 155 Å². The van der Waals surface area contributed by atoms with Crippen molar-refractivity contribution in [3.63, 3.8) is 0 Å². The van der Waals surface area contributed by atoms with Gasteiger partial charge >= 0.3 is 5.97 Å². The monoisotopic (exact) mass is 360 g/mol. The quantitative estimate of drug-likeness (QED) is 0.460. The SMILES string of the molecule is CCCC[N+]1(C)[C@@H]2C[C@@H](OC(=O)[C@H](CO)c3ccccc3)C[C@H]1[C@@H]1O[C@@H]12. The van der Waals surface area contributed by atoms with Gasteiger partial charge in [0.25, 0.3) is 0 Å². The second-order valence-corrected chi connectivity index (χ2v) is 8.30. The first-order valence-corrected chi connectivity index (χ1v) is 9.95. The molecule has 0 spiro atoms. The number of aliphatic hydroxyl groups is 1. The van der Waals surface area contributed by atoms with Gasteiger partial charge in [-0.1, -0.05) is 43.7 Å². The average Bonchev–Trinajstić information content (AvgIpc) is 3.40. The Morgan fingerprint density at radius 3 is 2.50 bits per heavy atom. The number of rotatable bonds is 7. The van der Waals surface area contributed by atoms with Crippen LogP contribution < -0.4 is 0 Å². The maximum Gasteiger partial charge on any atom is 0.316 e. The van der Waals surface area contributed by atoms with Crippen LogP contribution in [-0.2, 0) is 14.3 Å². The van der Waals surface area contributed by atoms with Gasteiger partial charge in [0.1, 0.15) is 36.3 Å². The number of fused-ring (bicyclic) bond motifs is 5. The first kappa shape index (κ1) is 18.0. The molecule has 26 heavy (non-hydrogen) atoms. The number of hydrogen-bond acceptors (Lipinski definition) is 4. The summed E-state index contributed by atoms with van der Waals surface area (Å²) in [5.74, 6) is -0.898. The number of morpholine rings is 1. The van der Waals surface area contributed by atoms with Crippen LogP contribution in [0.3, 0.4) is 0 Å². The van der Waals surface area contributed by atoms with E-state index in [9.17, 15) is 9.90 Å². The van der Waals surface area contributed by atoms with Gasteiger partial charge in [-0.15, -0.1) is 0 Å². The lowest BCUT2D eigenvalue weighted by Gasteiger charge is -2.48. The number of likely N-dealkylation sites (N-methyl/N-ethyl adjacent to an activating group) is 1. The third-order valence-corrected chi connectivity index (χ3v) is 6.79. The fraction of sp³-hybridized carbons (Fsp3) is 0.667. The minimum absolute atomic E-state index is 0.0560. The third kappa shape index (κ3) is 2.96. The Balaban J connectivity index is 1.42. The normalized spacial score (nSPS) is 38.5. The predicted molar refractivity (Wildman–Crippen MR) is 97.6 cm³/mol. The molecule has 7 atom stereocenters. The summed E-state index contributed by atoms with van der Waals surface area (Å²) in [6, 6.07) is 10.3. The highest BCUT2D eigenvalue weighted by molar-refractivity contribution is 5.78. The molecule has 3 aliphatic rings. The van der Waals surface area contributed by atoms with Gasteiger partial charge in [0.15, 0.2) is 0 Å². The van der Waals surface area contributed by atoms with Crippen molar-refractivity contribution in [2.24, 2.45) is 0 Å². The third-order valence-electron chi connectivity index (χ3n) is 6.79. The standard InChI is InChI=1S/C21H30NO4/c1-3-4-10-22(2)17-11-15(12-18(22)20-19(17)26-20)25-21(24)16(13-23)14-8-6-5-7-9-14/h5-9,15-20,23H,3-4,10-13H2,1-2H3/q+1/t15-,16-,17-,18+,19-,20+,22?/m1/s1. The number of unbranched alkanes of at least 4 members (excludes halogenated alkanes) is 1. The zero-order valence-corrected chi connectivity index (χ0v) is 15.7. The van der Waals surface area contributed by atoms with Crippen molar-refractivity contribution >= 4 is 5.97 Å². The molecule has 1 N–H and O–H groups in total. The molecule has 3 aliphatic heterocycles. The number of epoxide rings is 1. The number of aliphatic hydroxyl groups excluding tert-OH is 1. The molecular weight excluding hydrogens is 330 g/mol. The van der Waals surface area contributed by atoms with Crippen molar-refractivity contribution < 1.29 is 23.9 Å². The predicted octanol–water partition coefficient (Wildman–Crippen LogP) is 2.23. The number of hydrogen-bond donors (Lipinski definition) is 1. The highest BCUT2D eigenvalue weighted by Gasteiger charge is 2.71. The minimum atomic E-state index is -0.595. The lowest BCUT2D eigenvalue weighted by atomic mass is 9.94. The number of ether oxygens (including phenoxy) is 2. The summed E-state index contributed by atoms with van der Waals surface area (Å²) in [5, 5.41) is 9.70. The van der Waals surface area contributed by atoms with Crippen LogP contribution in [-0.4, -0.2) is 66.2 Å². The van der Waals surface area contributed by atoms with Gasteiger partial charge in [-0.05, 0) is 12.0 Å². The molecule has 3 heterocycles. The van der Waals surface area contributed by atoms with Crippen molar-refractivity contribution in [2.45, 2.75) is 68.9 Å². The van der Waals surface area contributed by atoms with Crippen LogP contribution >= 0.6 is 0 Å². The van der Waals surface area contributed by atoms with E-state index in [0.717, 1.165) is 22.9 Å². The number of nitrogens with zero attached hydrogens (tertiary/aromatic N) is 1. The highest BCUT2D eigenvalue weighted by atomic mass is 16.6. The number of quaternary nitrogens is 1. The molecule has 142 valence electrons. The molecule has 0 amide bonds. The van der Waals surface area contributed by atoms with Crippen molar-refractivity contribution in [3.8, 4) is 0 Å². The zero-order chi connectivity index (χ0) is 18.3. The van der Waals surface area contributed by atoms with Gasteiger partial charge < -0.3 is 19.1 Å². The topological polar surface area (TPSA) is 59.1 Å². The number of esters is 1. The molecule has 1 aromatic rings. The Bertz CT molecular complexity index is 631. The van der Waals surface area contributed by atoms with E-state index in [1.54, 1.807) is 0 Å². The molecule has 0 radical (unpaired) electrons. The van der Waals surface area contributed by atoms with E-state index >= 15 is 0 Å². The molecule has 0 aliphatic carbocycles. The van der Waals surface area contributed by atoms with Crippen LogP contribution in [0.1, 0.15) is 44.1 Å². The molecule has 1 aromatic carbocycles. The van der Waals surface area contributed by atoms with Gasteiger partial charge in [-0.3, -0.25) is 4.79 Å². The summed E-state index contributed by atoms with van der Waals surface area (Å²) in [7, 11) is 2.36. The van der Waals surface area contributed by atoms with Crippen molar-refractivity contribution in [2.75, 3.05) is 20.2 Å². The largest absolute Gasteiger partial charge is 0.461 e. The lowest BCUT2D eigenvalue weighted by Crippen LogP contribution is -2.62. The first-order chi connectivity index (χ1) is 12.6. The van der Waals surface area contributed by atoms with Gasteiger partial charge in [-0.2, -0.15) is 0 Å². The van der Waals surface area contributed by atoms with Gasteiger partial charge in [0.2, 0.25) is 0 Å².